The molecule has 61 valence electrons. The van der Waals surface area contributed by atoms with Gasteiger partial charge >= 0.3 is 0 Å². The van der Waals surface area contributed by atoms with E-state index in [9.17, 15) is 0 Å². The molecule has 0 bridgehead atoms. The van der Waals surface area contributed by atoms with E-state index in [1.807, 2.05) is 24.3 Å². The predicted molar refractivity (Wildman–Crippen MR) is 49.3 cm³/mol. The number of benzene rings is 1. The van der Waals surface area contributed by atoms with Crippen molar-refractivity contribution in [2.45, 2.75) is 0 Å². The van der Waals surface area contributed by atoms with Crippen molar-refractivity contribution in [3.05, 3.63) is 35.9 Å². The molecule has 1 aromatic carbocycles. The third kappa shape index (κ3) is 1.20. The van der Waals surface area contributed by atoms with Crippen molar-refractivity contribution in [2.24, 2.45) is 4.99 Å². The predicted octanol–water partition coefficient (Wildman–Crippen LogP) is 1.18. The Labute approximate surface area is 72.5 Å². The molecule has 0 aromatic heterocycles. The standard InChI is InChI=1S/C10H11N2/c1-12-8-7-11-10(12)9-5-3-2-4-6-9/h3-6H,7-8H2,1H3. The number of hydrogen-bond acceptors (Lipinski definition) is 2. The Hall–Kier alpha value is -1.31. The molecule has 0 spiro atoms. The van der Waals surface area contributed by atoms with Gasteiger partial charge in [0.15, 0.2) is 0 Å². The highest BCUT2D eigenvalue weighted by Gasteiger charge is 2.12. The van der Waals surface area contributed by atoms with E-state index in [0.717, 1.165) is 18.9 Å². The fourth-order valence-electron chi connectivity index (χ4n) is 1.38. The zero-order valence-corrected chi connectivity index (χ0v) is 7.12. The molecular weight excluding hydrogens is 148 g/mol. The highest BCUT2D eigenvalue weighted by Crippen LogP contribution is 2.08. The molecule has 0 fully saturated rings. The summed E-state index contributed by atoms with van der Waals surface area (Å²) in [6.45, 7) is 1.96. The van der Waals surface area contributed by atoms with Crippen LogP contribution in [-0.4, -0.2) is 30.9 Å². The minimum atomic E-state index is 0.921. The van der Waals surface area contributed by atoms with Gasteiger partial charge in [-0.2, -0.15) is 0 Å². The lowest BCUT2D eigenvalue weighted by Gasteiger charge is -2.12. The Morgan fingerprint density at radius 2 is 2.17 bits per heavy atom. The summed E-state index contributed by atoms with van der Waals surface area (Å²) in [4.78, 5) is 6.59. The molecule has 12 heavy (non-hydrogen) atoms. The van der Waals surface area contributed by atoms with Gasteiger partial charge in [0.05, 0.1) is 6.54 Å². The van der Waals surface area contributed by atoms with Gasteiger partial charge in [-0.05, 0) is 6.07 Å². The van der Waals surface area contributed by atoms with E-state index in [-0.39, 0.29) is 0 Å². The van der Waals surface area contributed by atoms with Gasteiger partial charge in [0, 0.05) is 19.2 Å². The van der Waals surface area contributed by atoms with E-state index in [1.165, 1.54) is 5.56 Å². The topological polar surface area (TPSA) is 15.6 Å². The summed E-state index contributed by atoms with van der Waals surface area (Å²) in [5.74, 6) is 1.10. The summed E-state index contributed by atoms with van der Waals surface area (Å²) in [6, 6.07) is 10.9. The number of rotatable bonds is 1. The second-order valence-electron chi connectivity index (χ2n) is 2.92. The zero-order valence-electron chi connectivity index (χ0n) is 7.12. The second-order valence-corrected chi connectivity index (χ2v) is 2.92. The largest absolute Gasteiger partial charge is 0.358 e. The fraction of sp³-hybridized carbons (Fsp3) is 0.300. The van der Waals surface area contributed by atoms with Crippen LogP contribution in [0.1, 0.15) is 5.56 Å². The second kappa shape index (κ2) is 2.97. The molecule has 0 saturated heterocycles. The van der Waals surface area contributed by atoms with Crippen LogP contribution in [0.3, 0.4) is 0 Å². The van der Waals surface area contributed by atoms with E-state index in [4.69, 9.17) is 0 Å². The molecule has 1 heterocycles. The molecule has 1 radical (unpaired) electrons. The first-order valence-electron chi connectivity index (χ1n) is 4.10. The van der Waals surface area contributed by atoms with Gasteiger partial charge in [0.1, 0.15) is 5.84 Å². The number of amidine groups is 1. The Kier molecular flexibility index (Phi) is 1.82. The molecule has 2 heteroatoms. The zero-order chi connectivity index (χ0) is 8.39. The lowest BCUT2D eigenvalue weighted by molar-refractivity contribution is 0.557. The number of hydrogen-bond donors (Lipinski definition) is 0. The summed E-state index contributed by atoms with van der Waals surface area (Å²) in [5, 5.41) is 0. The monoisotopic (exact) mass is 159 g/mol. The van der Waals surface area contributed by atoms with E-state index in [2.05, 4.69) is 23.0 Å². The van der Waals surface area contributed by atoms with Crippen molar-refractivity contribution in [1.82, 2.24) is 4.90 Å². The third-order valence-electron chi connectivity index (χ3n) is 2.03. The van der Waals surface area contributed by atoms with Crippen molar-refractivity contribution >= 4 is 5.84 Å². The van der Waals surface area contributed by atoms with E-state index in [0.29, 0.717) is 0 Å². The van der Waals surface area contributed by atoms with Crippen LogP contribution in [0.15, 0.2) is 29.3 Å². The van der Waals surface area contributed by atoms with Crippen LogP contribution >= 0.6 is 0 Å². The first-order chi connectivity index (χ1) is 5.88. The number of aliphatic imine (C=N–C) groups is 1. The summed E-state index contributed by atoms with van der Waals surface area (Å²) in [5.41, 5.74) is 1.19. The molecule has 2 rings (SSSR count). The minimum Gasteiger partial charge on any atom is -0.358 e. The van der Waals surface area contributed by atoms with Gasteiger partial charge in [0.2, 0.25) is 0 Å². The Morgan fingerprint density at radius 1 is 1.42 bits per heavy atom. The lowest BCUT2D eigenvalue weighted by atomic mass is 10.2. The van der Waals surface area contributed by atoms with Crippen molar-refractivity contribution in [3.63, 3.8) is 0 Å². The van der Waals surface area contributed by atoms with Crippen LogP contribution in [0, 0.1) is 6.07 Å². The van der Waals surface area contributed by atoms with Crippen LogP contribution in [0.25, 0.3) is 0 Å². The minimum absolute atomic E-state index is 0.921. The van der Waals surface area contributed by atoms with Gasteiger partial charge in [-0.3, -0.25) is 4.99 Å². The highest BCUT2D eigenvalue weighted by atomic mass is 15.2. The third-order valence-corrected chi connectivity index (χ3v) is 2.03. The molecule has 2 nitrogen and oxygen atoms in total. The van der Waals surface area contributed by atoms with Crippen molar-refractivity contribution in [2.75, 3.05) is 20.1 Å². The molecule has 0 aliphatic carbocycles. The van der Waals surface area contributed by atoms with Crippen LogP contribution < -0.4 is 0 Å². The van der Waals surface area contributed by atoms with Gasteiger partial charge in [-0.1, -0.05) is 24.3 Å². The van der Waals surface area contributed by atoms with E-state index < -0.39 is 0 Å². The highest BCUT2D eigenvalue weighted by molar-refractivity contribution is 5.99. The molecular formula is C10H11N2. The fourth-order valence-corrected chi connectivity index (χ4v) is 1.38. The molecule has 0 saturated carbocycles. The number of nitrogens with zero attached hydrogens (tertiary/aromatic N) is 2. The van der Waals surface area contributed by atoms with Crippen LogP contribution in [-0.2, 0) is 0 Å². The van der Waals surface area contributed by atoms with Gasteiger partial charge < -0.3 is 4.90 Å². The molecule has 1 aromatic rings. The maximum absolute atomic E-state index is 4.42. The van der Waals surface area contributed by atoms with Crippen molar-refractivity contribution in [3.8, 4) is 0 Å². The van der Waals surface area contributed by atoms with E-state index >= 15 is 0 Å². The normalized spacial score (nSPS) is 16.4. The average Bonchev–Trinajstić information content (AvgIpc) is 2.53. The van der Waals surface area contributed by atoms with Crippen LogP contribution in [0.2, 0.25) is 0 Å². The van der Waals surface area contributed by atoms with Crippen molar-refractivity contribution in [1.29, 1.82) is 0 Å². The Morgan fingerprint density at radius 3 is 2.75 bits per heavy atom. The summed E-state index contributed by atoms with van der Waals surface area (Å²) < 4.78 is 0. The Balaban J connectivity index is 2.31. The van der Waals surface area contributed by atoms with Crippen molar-refractivity contribution < 1.29 is 0 Å². The summed E-state index contributed by atoms with van der Waals surface area (Å²) >= 11 is 0. The molecule has 1 aliphatic heterocycles. The Bertz CT molecular complexity index is 290. The first-order valence-corrected chi connectivity index (χ1v) is 4.10. The SMILES string of the molecule is CN1CCN=C1c1cc[c]cc1. The molecule has 0 N–H and O–H groups in total. The van der Waals surface area contributed by atoms with Gasteiger partial charge in [-0.15, -0.1) is 0 Å². The molecule has 0 amide bonds. The van der Waals surface area contributed by atoms with Gasteiger partial charge in [-0.25, -0.2) is 0 Å². The number of likely N-dealkylation sites (N-methyl/N-ethyl adjacent to an activating group) is 1. The van der Waals surface area contributed by atoms with Gasteiger partial charge in [0.25, 0.3) is 0 Å². The van der Waals surface area contributed by atoms with Crippen LogP contribution in [0.5, 0.6) is 0 Å². The lowest BCUT2D eigenvalue weighted by Crippen LogP contribution is -2.23. The van der Waals surface area contributed by atoms with Crippen LogP contribution in [0.4, 0.5) is 0 Å². The maximum atomic E-state index is 4.42. The quantitative estimate of drug-likeness (QED) is 0.600. The average molecular weight is 159 g/mol. The summed E-state index contributed by atoms with van der Waals surface area (Å²) in [7, 11) is 2.07. The smallest absolute Gasteiger partial charge is 0.130 e. The molecule has 1 aliphatic rings. The molecule has 0 atom stereocenters. The van der Waals surface area contributed by atoms with E-state index in [1.54, 1.807) is 0 Å². The first kappa shape index (κ1) is 7.35. The molecule has 0 unspecified atom stereocenters. The maximum Gasteiger partial charge on any atom is 0.130 e. The summed E-state index contributed by atoms with van der Waals surface area (Å²) in [6.07, 6.45) is 0.